The maximum Gasteiger partial charge on any atom is 0.233 e. The van der Waals surface area contributed by atoms with Crippen molar-refractivity contribution < 1.29 is 9.59 Å². The van der Waals surface area contributed by atoms with E-state index in [0.29, 0.717) is 17.9 Å². The molecule has 0 aromatic heterocycles. The van der Waals surface area contributed by atoms with Crippen LogP contribution in [-0.4, -0.2) is 29.7 Å². The number of piperidine rings is 1. The summed E-state index contributed by atoms with van der Waals surface area (Å²) in [6.07, 6.45) is 1.58. The van der Waals surface area contributed by atoms with E-state index in [9.17, 15) is 9.59 Å². The molecule has 1 heterocycles. The first-order chi connectivity index (χ1) is 9.49. The van der Waals surface area contributed by atoms with Crippen LogP contribution in [0.1, 0.15) is 37.0 Å². The zero-order valence-electron chi connectivity index (χ0n) is 11.9. The minimum Gasteiger partial charge on any atom is -0.342 e. The van der Waals surface area contributed by atoms with Gasteiger partial charge in [-0.3, -0.25) is 9.59 Å². The molecule has 108 valence electrons. The highest BCUT2D eigenvalue weighted by atomic mass is 79.9. The third kappa shape index (κ3) is 3.48. The average Bonchev–Trinajstić information content (AvgIpc) is 2.41. The lowest BCUT2D eigenvalue weighted by Gasteiger charge is -2.32. The summed E-state index contributed by atoms with van der Waals surface area (Å²) in [7, 11) is 0. The standard InChI is InChI=1S/C16H20BrNO2/c1-11(2)10-18-9-3-4-14(16(18)20)15(19)12-5-7-13(17)8-6-12/h5-8,11,14H,3-4,9-10H2,1-2H3. The predicted octanol–water partition coefficient (Wildman–Crippen LogP) is 3.53. The van der Waals surface area contributed by atoms with Crippen molar-refractivity contribution in [3.05, 3.63) is 34.3 Å². The van der Waals surface area contributed by atoms with E-state index >= 15 is 0 Å². The van der Waals surface area contributed by atoms with E-state index < -0.39 is 5.92 Å². The van der Waals surface area contributed by atoms with E-state index in [2.05, 4.69) is 29.8 Å². The van der Waals surface area contributed by atoms with Crippen LogP contribution in [0.15, 0.2) is 28.7 Å². The number of amides is 1. The topological polar surface area (TPSA) is 37.4 Å². The van der Waals surface area contributed by atoms with Crippen molar-refractivity contribution in [1.29, 1.82) is 0 Å². The Morgan fingerprint density at radius 2 is 2.00 bits per heavy atom. The highest BCUT2D eigenvalue weighted by Gasteiger charge is 2.34. The van der Waals surface area contributed by atoms with Crippen LogP contribution in [-0.2, 0) is 4.79 Å². The Morgan fingerprint density at radius 1 is 1.35 bits per heavy atom. The van der Waals surface area contributed by atoms with Gasteiger partial charge in [-0.05, 0) is 30.9 Å². The summed E-state index contributed by atoms with van der Waals surface area (Å²) in [5.74, 6) is -0.113. The summed E-state index contributed by atoms with van der Waals surface area (Å²) in [5, 5.41) is 0. The molecule has 2 rings (SSSR count). The van der Waals surface area contributed by atoms with Crippen molar-refractivity contribution >= 4 is 27.6 Å². The average molecular weight is 338 g/mol. The number of rotatable bonds is 4. The quantitative estimate of drug-likeness (QED) is 0.622. The molecule has 1 fully saturated rings. The summed E-state index contributed by atoms with van der Waals surface area (Å²) in [6, 6.07) is 7.24. The van der Waals surface area contributed by atoms with Crippen LogP contribution in [0.2, 0.25) is 0 Å². The molecule has 0 N–H and O–H groups in total. The summed E-state index contributed by atoms with van der Waals surface area (Å²) >= 11 is 3.35. The van der Waals surface area contributed by atoms with Gasteiger partial charge < -0.3 is 4.90 Å². The van der Waals surface area contributed by atoms with Crippen molar-refractivity contribution in [3.63, 3.8) is 0 Å². The predicted molar refractivity (Wildman–Crippen MR) is 82.6 cm³/mol. The zero-order valence-corrected chi connectivity index (χ0v) is 13.5. The van der Waals surface area contributed by atoms with Crippen LogP contribution in [0, 0.1) is 11.8 Å². The molecule has 1 saturated heterocycles. The van der Waals surface area contributed by atoms with E-state index in [-0.39, 0.29) is 11.7 Å². The number of halogens is 1. The third-order valence-corrected chi connectivity index (χ3v) is 4.09. The van der Waals surface area contributed by atoms with Gasteiger partial charge in [-0.25, -0.2) is 0 Å². The van der Waals surface area contributed by atoms with Crippen LogP contribution in [0.4, 0.5) is 0 Å². The Balaban J connectivity index is 2.12. The van der Waals surface area contributed by atoms with Crippen LogP contribution >= 0.6 is 15.9 Å². The molecule has 0 aliphatic carbocycles. The third-order valence-electron chi connectivity index (χ3n) is 3.56. The van der Waals surface area contributed by atoms with Gasteiger partial charge in [-0.15, -0.1) is 0 Å². The van der Waals surface area contributed by atoms with E-state index in [1.54, 1.807) is 12.1 Å². The molecule has 1 atom stereocenters. The lowest BCUT2D eigenvalue weighted by molar-refractivity contribution is -0.137. The van der Waals surface area contributed by atoms with Crippen molar-refractivity contribution in [2.24, 2.45) is 11.8 Å². The summed E-state index contributed by atoms with van der Waals surface area (Å²) in [4.78, 5) is 26.8. The fourth-order valence-corrected chi connectivity index (χ4v) is 2.89. The van der Waals surface area contributed by atoms with E-state index in [1.807, 2.05) is 17.0 Å². The van der Waals surface area contributed by atoms with E-state index in [0.717, 1.165) is 24.0 Å². The van der Waals surface area contributed by atoms with Crippen molar-refractivity contribution in [1.82, 2.24) is 4.90 Å². The SMILES string of the molecule is CC(C)CN1CCCC(C(=O)c2ccc(Br)cc2)C1=O. The molecule has 0 saturated carbocycles. The highest BCUT2D eigenvalue weighted by molar-refractivity contribution is 9.10. The van der Waals surface area contributed by atoms with Crippen LogP contribution < -0.4 is 0 Å². The smallest absolute Gasteiger partial charge is 0.233 e. The zero-order chi connectivity index (χ0) is 14.7. The minimum atomic E-state index is -0.497. The van der Waals surface area contributed by atoms with Gasteiger partial charge in [0.05, 0.1) is 0 Å². The number of hydrogen-bond donors (Lipinski definition) is 0. The maximum atomic E-state index is 12.5. The Morgan fingerprint density at radius 3 is 2.60 bits per heavy atom. The van der Waals surface area contributed by atoms with Crippen molar-refractivity contribution in [2.75, 3.05) is 13.1 Å². The lowest BCUT2D eigenvalue weighted by Crippen LogP contribution is -2.45. The molecule has 0 spiro atoms. The molecule has 0 bridgehead atoms. The summed E-state index contributed by atoms with van der Waals surface area (Å²) in [5.41, 5.74) is 0.623. The van der Waals surface area contributed by atoms with Crippen LogP contribution in [0.5, 0.6) is 0 Å². The van der Waals surface area contributed by atoms with E-state index in [4.69, 9.17) is 0 Å². The fraction of sp³-hybridized carbons (Fsp3) is 0.500. The van der Waals surface area contributed by atoms with Gasteiger partial charge in [0.2, 0.25) is 5.91 Å². The molecule has 3 nitrogen and oxygen atoms in total. The first kappa shape index (κ1) is 15.2. The molecular formula is C16H20BrNO2. The molecule has 1 amide bonds. The normalized spacial score (nSPS) is 19.5. The Kier molecular flexibility index (Phi) is 4.97. The molecule has 4 heteroatoms. The number of hydrogen-bond acceptors (Lipinski definition) is 2. The molecule has 1 aliphatic heterocycles. The van der Waals surface area contributed by atoms with E-state index in [1.165, 1.54) is 0 Å². The minimum absolute atomic E-state index is 0.00197. The second-order valence-electron chi connectivity index (χ2n) is 5.74. The second-order valence-corrected chi connectivity index (χ2v) is 6.66. The number of benzene rings is 1. The lowest BCUT2D eigenvalue weighted by atomic mass is 9.89. The van der Waals surface area contributed by atoms with Crippen molar-refractivity contribution in [2.45, 2.75) is 26.7 Å². The number of carbonyl (C=O) groups excluding carboxylic acids is 2. The number of likely N-dealkylation sites (tertiary alicyclic amines) is 1. The van der Waals surface area contributed by atoms with Gasteiger partial charge in [0.15, 0.2) is 5.78 Å². The summed E-state index contributed by atoms with van der Waals surface area (Å²) in [6.45, 7) is 5.70. The molecule has 0 radical (unpaired) electrons. The number of ketones is 1. The van der Waals surface area contributed by atoms with Crippen LogP contribution in [0.3, 0.4) is 0 Å². The first-order valence-electron chi connectivity index (χ1n) is 7.07. The van der Waals surface area contributed by atoms with Gasteiger partial charge in [0.25, 0.3) is 0 Å². The Hall–Kier alpha value is -1.16. The molecular weight excluding hydrogens is 318 g/mol. The maximum absolute atomic E-state index is 12.5. The van der Waals surface area contributed by atoms with Gasteiger partial charge in [0.1, 0.15) is 5.92 Å². The van der Waals surface area contributed by atoms with Gasteiger partial charge in [0, 0.05) is 23.1 Å². The molecule has 1 aromatic carbocycles. The molecule has 1 aliphatic rings. The summed E-state index contributed by atoms with van der Waals surface area (Å²) < 4.78 is 0.936. The monoisotopic (exact) mass is 337 g/mol. The highest BCUT2D eigenvalue weighted by Crippen LogP contribution is 2.23. The Labute approximate surface area is 128 Å². The number of Topliss-reactive ketones (excluding diaryl/α,β-unsaturated/α-hetero) is 1. The molecule has 1 aromatic rings. The van der Waals surface area contributed by atoms with Gasteiger partial charge >= 0.3 is 0 Å². The van der Waals surface area contributed by atoms with Gasteiger partial charge in [-0.1, -0.05) is 41.9 Å². The number of nitrogens with zero attached hydrogens (tertiary/aromatic N) is 1. The second kappa shape index (κ2) is 6.53. The Bertz CT molecular complexity index is 496. The number of carbonyl (C=O) groups is 2. The fourth-order valence-electron chi connectivity index (χ4n) is 2.62. The first-order valence-corrected chi connectivity index (χ1v) is 7.87. The molecule has 1 unspecified atom stereocenters. The van der Waals surface area contributed by atoms with Crippen molar-refractivity contribution in [3.8, 4) is 0 Å². The van der Waals surface area contributed by atoms with Crippen LogP contribution in [0.25, 0.3) is 0 Å². The largest absolute Gasteiger partial charge is 0.342 e. The molecule has 20 heavy (non-hydrogen) atoms. The van der Waals surface area contributed by atoms with Gasteiger partial charge in [-0.2, -0.15) is 0 Å².